The van der Waals surface area contributed by atoms with Crippen molar-refractivity contribution in [3.8, 4) is 17.2 Å². The molecule has 0 radical (unpaired) electrons. The van der Waals surface area contributed by atoms with E-state index in [0.29, 0.717) is 52.9 Å². The first-order valence-electron chi connectivity index (χ1n) is 14.8. The Morgan fingerprint density at radius 2 is 1.76 bits per heavy atom. The highest BCUT2D eigenvalue weighted by Crippen LogP contribution is 2.45. The summed E-state index contributed by atoms with van der Waals surface area (Å²) in [6.45, 7) is 4.81. The molecule has 1 fully saturated rings. The van der Waals surface area contributed by atoms with E-state index in [1.54, 1.807) is 24.3 Å². The number of fused-ring (bicyclic) bond motifs is 2. The van der Waals surface area contributed by atoms with Gasteiger partial charge in [0.15, 0.2) is 5.13 Å². The van der Waals surface area contributed by atoms with E-state index in [-0.39, 0.29) is 17.4 Å². The molecule has 1 aromatic heterocycles. The second-order valence-electron chi connectivity index (χ2n) is 11.0. The number of hydrogen-bond acceptors (Lipinski definition) is 8. The van der Waals surface area contributed by atoms with Crippen LogP contribution in [0.15, 0.2) is 96.6 Å². The summed E-state index contributed by atoms with van der Waals surface area (Å²) < 4.78 is 18.3. The molecule has 1 N–H and O–H groups in total. The van der Waals surface area contributed by atoms with Crippen LogP contribution in [0.2, 0.25) is 0 Å². The van der Waals surface area contributed by atoms with Crippen molar-refractivity contribution in [1.29, 1.82) is 0 Å². The van der Waals surface area contributed by atoms with Gasteiger partial charge in [-0.2, -0.15) is 0 Å². The Bertz CT molecular complexity index is 1950. The van der Waals surface area contributed by atoms with Crippen LogP contribution in [-0.2, 0) is 22.6 Å². The van der Waals surface area contributed by atoms with Crippen molar-refractivity contribution >= 4 is 44.1 Å². The van der Waals surface area contributed by atoms with E-state index < -0.39 is 17.7 Å². The Morgan fingerprint density at radius 3 is 2.53 bits per heavy atom. The lowest BCUT2D eigenvalue weighted by molar-refractivity contribution is -0.132. The molecule has 9 heteroatoms. The Labute approximate surface area is 264 Å². The molecule has 0 bridgehead atoms. The van der Waals surface area contributed by atoms with Gasteiger partial charge in [0.1, 0.15) is 35.7 Å². The molecule has 0 saturated carbocycles. The second kappa shape index (κ2) is 11.7. The molecule has 4 aromatic carbocycles. The number of benzene rings is 4. The maximum absolute atomic E-state index is 13.8. The second-order valence-corrected chi connectivity index (χ2v) is 12.0. The van der Waals surface area contributed by atoms with Crippen molar-refractivity contribution in [1.82, 2.24) is 4.98 Å². The third-order valence-corrected chi connectivity index (χ3v) is 8.94. The van der Waals surface area contributed by atoms with Crippen molar-refractivity contribution in [3.05, 3.63) is 119 Å². The highest BCUT2D eigenvalue weighted by molar-refractivity contribution is 7.22. The first-order chi connectivity index (χ1) is 21.9. The number of aliphatic hydroxyl groups is 1. The van der Waals surface area contributed by atoms with E-state index in [0.717, 1.165) is 21.6 Å². The predicted molar refractivity (Wildman–Crippen MR) is 173 cm³/mol. The molecule has 2 aliphatic heterocycles. The van der Waals surface area contributed by atoms with Crippen LogP contribution in [0.1, 0.15) is 42.1 Å². The molecule has 1 amide bonds. The van der Waals surface area contributed by atoms with Crippen LogP contribution < -0.4 is 19.1 Å². The lowest BCUT2D eigenvalue weighted by atomic mass is 9.94. The van der Waals surface area contributed by atoms with E-state index in [9.17, 15) is 14.7 Å². The molecule has 226 valence electrons. The minimum Gasteiger partial charge on any atom is -0.507 e. The van der Waals surface area contributed by atoms with Gasteiger partial charge in [-0.1, -0.05) is 53.8 Å². The first kappa shape index (κ1) is 28.6. The minimum atomic E-state index is -0.913. The third kappa shape index (κ3) is 5.40. The number of thiazole rings is 1. The molecule has 2 atom stereocenters. The smallest absolute Gasteiger partial charge is 0.301 e. The average molecular weight is 619 g/mol. The van der Waals surface area contributed by atoms with E-state index in [2.05, 4.69) is 0 Å². The summed E-state index contributed by atoms with van der Waals surface area (Å²) in [6, 6.07) is 27.0. The van der Waals surface area contributed by atoms with Crippen LogP contribution in [0, 0.1) is 0 Å². The molecule has 0 aliphatic carbocycles. The van der Waals surface area contributed by atoms with Gasteiger partial charge >= 0.3 is 5.91 Å². The van der Waals surface area contributed by atoms with Crippen LogP contribution >= 0.6 is 11.3 Å². The largest absolute Gasteiger partial charge is 0.507 e. The predicted octanol–water partition coefficient (Wildman–Crippen LogP) is 7.22. The fourth-order valence-corrected chi connectivity index (χ4v) is 6.83. The molecular formula is C36H30N2O6S. The number of anilines is 1. The maximum Gasteiger partial charge on any atom is 0.301 e. The first-order valence-corrected chi connectivity index (χ1v) is 15.6. The van der Waals surface area contributed by atoms with Crippen LogP contribution in [0.5, 0.6) is 17.2 Å². The number of carbonyl (C=O) groups is 2. The highest BCUT2D eigenvalue weighted by Gasteiger charge is 2.48. The average Bonchev–Trinajstić information content (AvgIpc) is 3.72. The van der Waals surface area contributed by atoms with Gasteiger partial charge in [-0.3, -0.25) is 14.5 Å². The number of rotatable bonds is 8. The quantitative estimate of drug-likeness (QED) is 0.111. The summed E-state index contributed by atoms with van der Waals surface area (Å²) >= 11 is 1.29. The van der Waals surface area contributed by atoms with Crippen LogP contribution in [0.4, 0.5) is 5.13 Å². The summed E-state index contributed by atoms with van der Waals surface area (Å²) in [5.74, 6) is 0.306. The summed E-state index contributed by atoms with van der Waals surface area (Å²) in [4.78, 5) is 33.6. The molecule has 5 aromatic rings. The highest BCUT2D eigenvalue weighted by atomic mass is 32.1. The Balaban J connectivity index is 1.30. The van der Waals surface area contributed by atoms with Crippen LogP contribution in [0.3, 0.4) is 0 Å². The van der Waals surface area contributed by atoms with E-state index in [1.807, 2.05) is 80.6 Å². The maximum atomic E-state index is 13.8. The molecule has 7 rings (SSSR count). The van der Waals surface area contributed by atoms with Gasteiger partial charge in [0, 0.05) is 12.0 Å². The summed E-state index contributed by atoms with van der Waals surface area (Å²) in [6.07, 6.45) is 0.710. The molecular weight excluding hydrogens is 588 g/mol. The lowest BCUT2D eigenvalue weighted by Gasteiger charge is -2.23. The van der Waals surface area contributed by atoms with Gasteiger partial charge in [0.05, 0.1) is 28.4 Å². The van der Waals surface area contributed by atoms with Gasteiger partial charge in [0.25, 0.3) is 5.78 Å². The molecule has 45 heavy (non-hydrogen) atoms. The van der Waals surface area contributed by atoms with E-state index in [4.69, 9.17) is 19.2 Å². The summed E-state index contributed by atoms with van der Waals surface area (Å²) in [7, 11) is 0. The van der Waals surface area contributed by atoms with E-state index in [1.165, 1.54) is 16.2 Å². The number of hydrogen-bond donors (Lipinski definition) is 1. The zero-order valence-corrected chi connectivity index (χ0v) is 25.5. The fraction of sp³-hybridized carbons (Fsp3) is 0.194. The number of Topliss-reactive ketones (excluding diaryl/α,β-unsaturated/α-hetero) is 1. The van der Waals surface area contributed by atoms with Gasteiger partial charge in [-0.15, -0.1) is 0 Å². The number of aromatic nitrogens is 1. The monoisotopic (exact) mass is 618 g/mol. The fourth-order valence-electron chi connectivity index (χ4n) is 5.81. The topological polar surface area (TPSA) is 98.2 Å². The van der Waals surface area contributed by atoms with Crippen molar-refractivity contribution < 1.29 is 28.9 Å². The molecule has 1 saturated heterocycles. The Kier molecular flexibility index (Phi) is 7.47. The van der Waals surface area contributed by atoms with Gasteiger partial charge in [0.2, 0.25) is 0 Å². The standard InChI is InChI=1S/C36H30N2O6S/c1-3-42-27-14-15-28-30(19-27)45-36(37-28)38-32(23-9-12-26(13-10-23)43-20-22-7-5-4-6-8-22)31(34(40)35(38)41)33(39)24-11-16-29-25(18-24)17-21(2)44-29/h4-16,18-19,21,32,39H,3,17,20H2,1-2H3/b33-31+/t21-,32-/m0/s1. The van der Waals surface area contributed by atoms with Crippen LogP contribution in [0.25, 0.3) is 16.0 Å². The lowest BCUT2D eigenvalue weighted by Crippen LogP contribution is -2.29. The number of amides is 1. The van der Waals surface area contributed by atoms with Crippen molar-refractivity contribution in [2.75, 3.05) is 11.5 Å². The zero-order chi connectivity index (χ0) is 31.1. The van der Waals surface area contributed by atoms with E-state index >= 15 is 0 Å². The van der Waals surface area contributed by atoms with Gasteiger partial charge < -0.3 is 19.3 Å². The molecule has 0 unspecified atom stereocenters. The normalized spacial score (nSPS) is 18.7. The number of nitrogens with zero attached hydrogens (tertiary/aromatic N) is 2. The minimum absolute atomic E-state index is 0.000806. The summed E-state index contributed by atoms with van der Waals surface area (Å²) in [5.41, 5.74) is 3.73. The third-order valence-electron chi connectivity index (χ3n) is 7.92. The zero-order valence-electron chi connectivity index (χ0n) is 24.7. The Hall–Kier alpha value is -5.15. The SMILES string of the molecule is CCOc1ccc2nc(N3C(=O)C(=O)/C(=C(/O)c4ccc5c(c4)C[C@H](C)O5)[C@@H]3c3ccc(OCc4ccccc4)cc3)sc2c1. The number of carbonyl (C=O) groups excluding carboxylic acids is 2. The molecule has 2 aliphatic rings. The molecule has 3 heterocycles. The van der Waals surface area contributed by atoms with Gasteiger partial charge in [-0.25, -0.2) is 4.98 Å². The molecule has 8 nitrogen and oxygen atoms in total. The number of ketones is 1. The molecule has 0 spiro atoms. The van der Waals surface area contributed by atoms with Crippen LogP contribution in [-0.4, -0.2) is 34.5 Å². The Morgan fingerprint density at radius 1 is 0.978 bits per heavy atom. The number of aliphatic hydroxyl groups excluding tert-OH is 1. The number of ether oxygens (including phenoxy) is 3. The van der Waals surface area contributed by atoms with Gasteiger partial charge in [-0.05, 0) is 79.1 Å². The van der Waals surface area contributed by atoms with Crippen molar-refractivity contribution in [2.45, 2.75) is 39.0 Å². The summed E-state index contributed by atoms with van der Waals surface area (Å²) in [5, 5.41) is 12.0. The van der Waals surface area contributed by atoms with Crippen molar-refractivity contribution in [2.24, 2.45) is 0 Å². The van der Waals surface area contributed by atoms with Crippen molar-refractivity contribution in [3.63, 3.8) is 0 Å².